The molecule has 0 radical (unpaired) electrons. The van der Waals surface area contributed by atoms with E-state index in [1.807, 2.05) is 0 Å². The van der Waals surface area contributed by atoms with E-state index in [0.717, 1.165) is 23.0 Å². The Labute approximate surface area is 140 Å². The smallest absolute Gasteiger partial charge is 0.416 e. The lowest BCUT2D eigenvalue weighted by Gasteiger charge is -2.23. The molecule has 0 fully saturated rings. The molecule has 134 valence electrons. The summed E-state index contributed by atoms with van der Waals surface area (Å²) in [4.78, 5) is 23.3. The fourth-order valence-corrected chi connectivity index (χ4v) is 1.93. The second-order valence-electron chi connectivity index (χ2n) is 5.54. The number of hydrogen-bond acceptors (Lipinski definition) is 4. The van der Waals surface area contributed by atoms with Crippen molar-refractivity contribution >= 4 is 11.9 Å². The molecule has 1 amide bonds. The molecule has 10 heteroatoms. The van der Waals surface area contributed by atoms with Crippen molar-refractivity contribution in [3.8, 4) is 5.69 Å². The summed E-state index contributed by atoms with van der Waals surface area (Å²) in [5.41, 5.74) is -2.50. The van der Waals surface area contributed by atoms with E-state index in [-0.39, 0.29) is 17.8 Å². The zero-order valence-electron chi connectivity index (χ0n) is 13.3. The molecule has 0 aliphatic carbocycles. The summed E-state index contributed by atoms with van der Waals surface area (Å²) in [5, 5.41) is 18.7. The summed E-state index contributed by atoms with van der Waals surface area (Å²) in [6.45, 7) is 2.93. The van der Waals surface area contributed by atoms with Crippen molar-refractivity contribution in [1.29, 1.82) is 0 Å². The van der Waals surface area contributed by atoms with Gasteiger partial charge in [-0.05, 0) is 31.5 Å². The van der Waals surface area contributed by atoms with Crippen LogP contribution < -0.4 is 5.32 Å². The minimum atomic E-state index is -4.51. The molecule has 7 nitrogen and oxygen atoms in total. The van der Waals surface area contributed by atoms with E-state index in [2.05, 4.69) is 15.6 Å². The van der Waals surface area contributed by atoms with E-state index in [0.29, 0.717) is 0 Å². The van der Waals surface area contributed by atoms with Gasteiger partial charge in [0.1, 0.15) is 5.54 Å². The second-order valence-corrected chi connectivity index (χ2v) is 5.54. The first-order chi connectivity index (χ1) is 11.6. The molecule has 1 atom stereocenters. The molecule has 2 rings (SSSR count). The van der Waals surface area contributed by atoms with E-state index in [1.54, 1.807) is 6.92 Å². The number of carboxylic acids is 1. The van der Waals surface area contributed by atoms with Crippen molar-refractivity contribution in [2.75, 3.05) is 0 Å². The van der Waals surface area contributed by atoms with Crippen molar-refractivity contribution in [3.63, 3.8) is 0 Å². The van der Waals surface area contributed by atoms with Crippen LogP contribution in [0.1, 0.15) is 36.3 Å². The van der Waals surface area contributed by atoms with Gasteiger partial charge in [0.25, 0.3) is 5.91 Å². The van der Waals surface area contributed by atoms with E-state index in [4.69, 9.17) is 5.11 Å². The van der Waals surface area contributed by atoms with Gasteiger partial charge in [-0.1, -0.05) is 18.2 Å². The molecular formula is C15H15F3N4O3. The molecule has 0 aliphatic rings. The van der Waals surface area contributed by atoms with Crippen LogP contribution in [-0.4, -0.2) is 37.5 Å². The predicted molar refractivity (Wildman–Crippen MR) is 80.2 cm³/mol. The first-order valence-corrected chi connectivity index (χ1v) is 7.22. The summed E-state index contributed by atoms with van der Waals surface area (Å²) in [5.74, 6) is -2.00. The Hall–Kier alpha value is -2.91. The molecule has 25 heavy (non-hydrogen) atoms. The summed E-state index contributed by atoms with van der Waals surface area (Å²) in [6, 6.07) is 4.36. The third kappa shape index (κ3) is 3.95. The van der Waals surface area contributed by atoms with Gasteiger partial charge in [-0.2, -0.15) is 13.2 Å². The minimum Gasteiger partial charge on any atom is -0.480 e. The van der Waals surface area contributed by atoms with Gasteiger partial charge in [0.2, 0.25) is 0 Å². The van der Waals surface area contributed by atoms with Crippen LogP contribution in [0.3, 0.4) is 0 Å². The lowest BCUT2D eigenvalue weighted by atomic mass is 9.99. The highest BCUT2D eigenvalue weighted by molar-refractivity contribution is 5.96. The average molecular weight is 356 g/mol. The zero-order chi connectivity index (χ0) is 18.8. The third-order valence-electron chi connectivity index (χ3n) is 3.73. The Morgan fingerprint density at radius 2 is 2.00 bits per heavy atom. The first-order valence-electron chi connectivity index (χ1n) is 7.22. The maximum atomic E-state index is 12.8. The highest BCUT2D eigenvalue weighted by Crippen LogP contribution is 2.30. The number of nitrogens with one attached hydrogen (secondary N) is 1. The lowest BCUT2D eigenvalue weighted by molar-refractivity contribution is -0.144. The topological polar surface area (TPSA) is 97.1 Å². The van der Waals surface area contributed by atoms with Gasteiger partial charge in [-0.25, -0.2) is 9.48 Å². The van der Waals surface area contributed by atoms with Crippen molar-refractivity contribution in [2.24, 2.45) is 0 Å². The number of halogens is 3. The SMILES string of the molecule is CCC(C)(NC(=O)c1cn(-c2cccc(C(F)(F)F)c2)nn1)C(=O)O. The van der Waals surface area contributed by atoms with Gasteiger partial charge in [0, 0.05) is 0 Å². The van der Waals surface area contributed by atoms with Crippen LogP contribution in [0.25, 0.3) is 5.69 Å². The minimum absolute atomic E-state index is 0.0675. The highest BCUT2D eigenvalue weighted by atomic mass is 19.4. The van der Waals surface area contributed by atoms with Crippen LogP contribution in [0.4, 0.5) is 13.2 Å². The first kappa shape index (κ1) is 18.4. The molecule has 1 aromatic carbocycles. The number of aromatic nitrogens is 3. The number of rotatable bonds is 5. The summed E-state index contributed by atoms with van der Waals surface area (Å²) in [7, 11) is 0. The van der Waals surface area contributed by atoms with Gasteiger partial charge < -0.3 is 10.4 Å². The molecule has 0 aliphatic heterocycles. The molecule has 0 spiro atoms. The number of carbonyl (C=O) groups excluding carboxylic acids is 1. The fourth-order valence-electron chi connectivity index (χ4n) is 1.93. The average Bonchev–Trinajstić information content (AvgIpc) is 3.04. The number of carboxylic acid groups (broad SMARTS) is 1. The number of aliphatic carboxylic acids is 1. The van der Waals surface area contributed by atoms with Gasteiger partial charge in [-0.15, -0.1) is 5.10 Å². The standard InChI is InChI=1S/C15H15F3N4O3/c1-3-14(2,13(24)25)19-12(23)11-8-22(21-20-11)10-6-4-5-9(7-10)15(16,17)18/h4-8H,3H2,1-2H3,(H,19,23)(H,24,25). The third-order valence-corrected chi connectivity index (χ3v) is 3.73. The quantitative estimate of drug-likeness (QED) is 0.857. The van der Waals surface area contributed by atoms with Crippen molar-refractivity contribution in [2.45, 2.75) is 32.0 Å². The number of hydrogen-bond donors (Lipinski definition) is 2. The van der Waals surface area contributed by atoms with Crippen molar-refractivity contribution in [1.82, 2.24) is 20.3 Å². The Morgan fingerprint density at radius 3 is 2.56 bits per heavy atom. The number of alkyl halides is 3. The van der Waals surface area contributed by atoms with Crippen molar-refractivity contribution < 1.29 is 27.9 Å². The Balaban J connectivity index is 2.26. The molecule has 0 saturated carbocycles. The number of benzene rings is 1. The largest absolute Gasteiger partial charge is 0.480 e. The van der Waals surface area contributed by atoms with E-state index >= 15 is 0 Å². The summed E-state index contributed by atoms with van der Waals surface area (Å²) < 4.78 is 39.3. The maximum absolute atomic E-state index is 12.8. The van der Waals surface area contributed by atoms with Crippen LogP contribution in [0.15, 0.2) is 30.5 Å². The number of nitrogens with zero attached hydrogens (tertiary/aromatic N) is 3. The second kappa shape index (κ2) is 6.54. The van der Waals surface area contributed by atoms with Gasteiger partial charge in [0.15, 0.2) is 5.69 Å². The molecule has 2 N–H and O–H groups in total. The van der Waals surface area contributed by atoms with E-state index < -0.39 is 29.2 Å². The fraction of sp³-hybridized carbons (Fsp3) is 0.333. The molecule has 2 aromatic rings. The summed E-state index contributed by atoms with van der Waals surface area (Å²) in [6.07, 6.45) is -3.25. The Morgan fingerprint density at radius 1 is 1.32 bits per heavy atom. The molecular weight excluding hydrogens is 341 g/mol. The number of amides is 1. The lowest BCUT2D eigenvalue weighted by Crippen LogP contribution is -2.51. The van der Waals surface area contributed by atoms with Crippen LogP contribution in [-0.2, 0) is 11.0 Å². The zero-order valence-corrected chi connectivity index (χ0v) is 13.3. The summed E-state index contributed by atoms with van der Waals surface area (Å²) >= 11 is 0. The van der Waals surface area contributed by atoms with E-state index in [9.17, 15) is 22.8 Å². The maximum Gasteiger partial charge on any atom is 0.416 e. The Bertz CT molecular complexity index is 803. The molecule has 1 heterocycles. The van der Waals surface area contributed by atoms with E-state index in [1.165, 1.54) is 19.1 Å². The van der Waals surface area contributed by atoms with Gasteiger partial charge >= 0.3 is 12.1 Å². The number of carbonyl (C=O) groups is 2. The van der Waals surface area contributed by atoms with Gasteiger partial charge in [0.05, 0.1) is 17.4 Å². The van der Waals surface area contributed by atoms with Crippen LogP contribution in [0, 0.1) is 0 Å². The molecule has 1 unspecified atom stereocenters. The molecule has 1 aromatic heterocycles. The predicted octanol–water partition coefficient (Wildman–Crippen LogP) is 2.27. The van der Waals surface area contributed by atoms with Crippen molar-refractivity contribution in [3.05, 3.63) is 41.7 Å². The van der Waals surface area contributed by atoms with Crippen LogP contribution in [0.2, 0.25) is 0 Å². The molecule has 0 bridgehead atoms. The van der Waals surface area contributed by atoms with Gasteiger partial charge in [-0.3, -0.25) is 4.79 Å². The molecule has 0 saturated heterocycles. The highest BCUT2D eigenvalue weighted by Gasteiger charge is 2.34. The van der Waals surface area contributed by atoms with Crippen LogP contribution >= 0.6 is 0 Å². The van der Waals surface area contributed by atoms with Crippen LogP contribution in [0.5, 0.6) is 0 Å². The normalized spacial score (nSPS) is 14.0. The Kier molecular flexibility index (Phi) is 4.82. The monoisotopic (exact) mass is 356 g/mol.